The number of nitrogen functional groups attached to an aromatic ring is 1. The highest BCUT2D eigenvalue weighted by molar-refractivity contribution is 5.61. The van der Waals surface area contributed by atoms with Crippen molar-refractivity contribution in [2.24, 2.45) is 5.92 Å². The van der Waals surface area contributed by atoms with Crippen LogP contribution in [-0.4, -0.2) is 28.0 Å². The van der Waals surface area contributed by atoms with E-state index in [4.69, 9.17) is 11.0 Å². The summed E-state index contributed by atoms with van der Waals surface area (Å²) in [6.07, 6.45) is 5.09. The monoisotopic (exact) mass is 318 g/mol. The largest absolute Gasteiger partial charge is 0.368 e. The maximum atomic E-state index is 9.06. The van der Waals surface area contributed by atoms with Crippen LogP contribution in [0.3, 0.4) is 0 Å². The Bertz CT molecular complexity index is 820. The highest BCUT2D eigenvalue weighted by Crippen LogP contribution is 2.26. The van der Waals surface area contributed by atoms with E-state index in [1.54, 1.807) is 12.4 Å². The molecule has 0 unspecified atom stereocenters. The molecule has 3 rings (SSSR count). The summed E-state index contributed by atoms with van der Waals surface area (Å²) in [4.78, 5) is 14.9. The minimum atomic E-state index is 0.117. The van der Waals surface area contributed by atoms with E-state index in [1.807, 2.05) is 19.1 Å². The van der Waals surface area contributed by atoms with Crippen LogP contribution < -0.4 is 10.6 Å². The molecule has 2 aromatic rings. The second-order valence-electron chi connectivity index (χ2n) is 5.75. The number of aryl methyl sites for hydroxylation is 1. The molecule has 0 radical (unpaired) electrons. The molecular formula is C18H18N6. The first-order valence-electron chi connectivity index (χ1n) is 7.88. The van der Waals surface area contributed by atoms with Gasteiger partial charge in [-0.15, -0.1) is 0 Å². The first-order chi connectivity index (χ1) is 11.7. The summed E-state index contributed by atoms with van der Waals surface area (Å²) in [6.45, 7) is 3.43. The molecule has 0 saturated carbocycles. The van der Waals surface area contributed by atoms with Gasteiger partial charge in [0.2, 0.25) is 5.95 Å². The van der Waals surface area contributed by atoms with Crippen LogP contribution in [0, 0.1) is 36.0 Å². The summed E-state index contributed by atoms with van der Waals surface area (Å²) in [5, 5.41) is 9.06. The average Bonchev–Trinajstić information content (AvgIpc) is 2.61. The number of anilines is 2. The quantitative estimate of drug-likeness (QED) is 0.807. The van der Waals surface area contributed by atoms with Crippen LogP contribution in [0.2, 0.25) is 0 Å². The van der Waals surface area contributed by atoms with Gasteiger partial charge in [-0.25, -0.2) is 4.98 Å². The zero-order valence-corrected chi connectivity index (χ0v) is 13.5. The number of rotatable bonds is 1. The van der Waals surface area contributed by atoms with Gasteiger partial charge in [0.05, 0.1) is 17.3 Å². The molecule has 0 spiro atoms. The fourth-order valence-corrected chi connectivity index (χ4v) is 2.75. The molecule has 1 aliphatic heterocycles. The van der Waals surface area contributed by atoms with Crippen molar-refractivity contribution in [3.05, 3.63) is 41.3 Å². The van der Waals surface area contributed by atoms with Crippen molar-refractivity contribution in [2.75, 3.05) is 23.7 Å². The molecule has 2 aromatic heterocycles. The molecule has 0 amide bonds. The van der Waals surface area contributed by atoms with Gasteiger partial charge in [0.1, 0.15) is 5.82 Å². The number of hydrogen-bond acceptors (Lipinski definition) is 6. The third-order valence-corrected chi connectivity index (χ3v) is 4.06. The fourth-order valence-electron chi connectivity index (χ4n) is 2.75. The van der Waals surface area contributed by atoms with Gasteiger partial charge in [0.25, 0.3) is 0 Å². The number of piperidine rings is 1. The number of nitrogens with two attached hydrogens (primary N) is 1. The van der Waals surface area contributed by atoms with Gasteiger partial charge in [-0.3, -0.25) is 4.98 Å². The van der Waals surface area contributed by atoms with Gasteiger partial charge in [-0.2, -0.15) is 10.2 Å². The molecular weight excluding hydrogens is 300 g/mol. The van der Waals surface area contributed by atoms with Crippen molar-refractivity contribution in [1.82, 2.24) is 15.0 Å². The predicted molar refractivity (Wildman–Crippen MR) is 91.9 cm³/mol. The Morgan fingerprint density at radius 1 is 1.25 bits per heavy atom. The lowest BCUT2D eigenvalue weighted by atomic mass is 9.98. The van der Waals surface area contributed by atoms with Gasteiger partial charge in [-0.05, 0) is 31.9 Å². The summed E-state index contributed by atoms with van der Waals surface area (Å²) in [5.74, 6) is 7.40. The number of aromatic nitrogens is 3. The van der Waals surface area contributed by atoms with Crippen LogP contribution in [0.15, 0.2) is 24.5 Å². The van der Waals surface area contributed by atoms with Crippen LogP contribution in [0.5, 0.6) is 0 Å². The normalized spacial score (nSPS) is 14.6. The topological polar surface area (TPSA) is 91.7 Å². The minimum Gasteiger partial charge on any atom is -0.368 e. The molecule has 24 heavy (non-hydrogen) atoms. The van der Waals surface area contributed by atoms with Crippen LogP contribution in [0.1, 0.15) is 29.7 Å². The van der Waals surface area contributed by atoms with Crippen molar-refractivity contribution in [3.63, 3.8) is 0 Å². The molecule has 6 heteroatoms. The number of hydrogen-bond donors (Lipinski definition) is 1. The Labute approximate surface area is 141 Å². The summed E-state index contributed by atoms with van der Waals surface area (Å²) in [6, 6.07) is 6.10. The molecule has 0 aromatic carbocycles. The van der Waals surface area contributed by atoms with Gasteiger partial charge in [0, 0.05) is 37.0 Å². The third kappa shape index (κ3) is 3.44. The third-order valence-electron chi connectivity index (χ3n) is 4.06. The van der Waals surface area contributed by atoms with Crippen molar-refractivity contribution in [2.45, 2.75) is 19.8 Å². The Hall–Kier alpha value is -3.12. The number of pyridine rings is 1. The Morgan fingerprint density at radius 2 is 2.04 bits per heavy atom. The average molecular weight is 318 g/mol. The van der Waals surface area contributed by atoms with Crippen molar-refractivity contribution < 1.29 is 0 Å². The Balaban J connectivity index is 1.95. The maximum Gasteiger partial charge on any atom is 0.222 e. The van der Waals surface area contributed by atoms with E-state index in [1.165, 1.54) is 0 Å². The molecule has 6 nitrogen and oxygen atoms in total. The van der Waals surface area contributed by atoms with E-state index in [-0.39, 0.29) is 11.9 Å². The van der Waals surface area contributed by atoms with Gasteiger partial charge in [0.15, 0.2) is 0 Å². The zero-order chi connectivity index (χ0) is 16.9. The Kier molecular flexibility index (Phi) is 4.58. The summed E-state index contributed by atoms with van der Waals surface area (Å²) in [7, 11) is 0. The lowest BCUT2D eigenvalue weighted by Crippen LogP contribution is -2.34. The standard InChI is InChI=1S/C18H18N6/c1-13-16(5-4-15-3-2-8-21-12-15)17(23-18(20)22-13)24-9-6-14(11-19)7-10-24/h2-3,8,12,14H,6-7,9-10H2,1H3,(H2,20,22,23). The molecule has 120 valence electrons. The van der Waals surface area contributed by atoms with Gasteiger partial charge in [-0.1, -0.05) is 11.8 Å². The van der Waals surface area contributed by atoms with E-state index in [0.29, 0.717) is 0 Å². The van der Waals surface area contributed by atoms with Crippen LogP contribution >= 0.6 is 0 Å². The molecule has 1 saturated heterocycles. The number of nitrogens with zero attached hydrogens (tertiary/aromatic N) is 5. The summed E-state index contributed by atoms with van der Waals surface area (Å²) >= 11 is 0. The summed E-state index contributed by atoms with van der Waals surface area (Å²) < 4.78 is 0. The molecule has 0 aliphatic carbocycles. The molecule has 1 aliphatic rings. The smallest absolute Gasteiger partial charge is 0.222 e. The molecule has 0 atom stereocenters. The SMILES string of the molecule is Cc1nc(N)nc(N2CCC(C#N)CC2)c1C#Cc1cccnc1. The molecule has 3 heterocycles. The number of nitriles is 1. The Morgan fingerprint density at radius 3 is 2.71 bits per heavy atom. The van der Waals surface area contributed by atoms with E-state index >= 15 is 0 Å². The second kappa shape index (κ2) is 6.97. The van der Waals surface area contributed by atoms with E-state index in [2.05, 4.69) is 37.8 Å². The molecule has 0 bridgehead atoms. The first-order valence-corrected chi connectivity index (χ1v) is 7.88. The molecule has 1 fully saturated rings. The van der Waals surface area contributed by atoms with Crippen molar-refractivity contribution in [3.8, 4) is 17.9 Å². The van der Waals surface area contributed by atoms with Crippen molar-refractivity contribution in [1.29, 1.82) is 5.26 Å². The van der Waals surface area contributed by atoms with Crippen LogP contribution in [-0.2, 0) is 0 Å². The van der Waals surface area contributed by atoms with Crippen LogP contribution in [0.4, 0.5) is 11.8 Å². The minimum absolute atomic E-state index is 0.117. The molecule has 2 N–H and O–H groups in total. The van der Waals surface area contributed by atoms with Crippen molar-refractivity contribution >= 4 is 11.8 Å². The van der Waals surface area contributed by atoms with E-state index in [9.17, 15) is 0 Å². The highest BCUT2D eigenvalue weighted by atomic mass is 15.2. The first kappa shape index (κ1) is 15.8. The summed E-state index contributed by atoms with van der Waals surface area (Å²) in [5.41, 5.74) is 8.21. The maximum absolute atomic E-state index is 9.06. The van der Waals surface area contributed by atoms with Crippen LogP contribution in [0.25, 0.3) is 0 Å². The van der Waals surface area contributed by atoms with Gasteiger partial charge >= 0.3 is 0 Å². The van der Waals surface area contributed by atoms with Gasteiger partial charge < -0.3 is 10.6 Å². The fraction of sp³-hybridized carbons (Fsp3) is 0.333. The predicted octanol–water partition coefficient (Wildman–Crippen LogP) is 1.90. The highest BCUT2D eigenvalue weighted by Gasteiger charge is 2.23. The lowest BCUT2D eigenvalue weighted by Gasteiger charge is -2.31. The zero-order valence-electron chi connectivity index (χ0n) is 13.5. The van der Waals surface area contributed by atoms with E-state index in [0.717, 1.165) is 48.6 Å². The second-order valence-corrected chi connectivity index (χ2v) is 5.75. The van der Waals surface area contributed by atoms with E-state index < -0.39 is 0 Å². The lowest BCUT2D eigenvalue weighted by molar-refractivity contribution is 0.485.